The van der Waals surface area contributed by atoms with Crippen molar-refractivity contribution in [2.45, 2.75) is 17.7 Å². The van der Waals surface area contributed by atoms with Crippen molar-refractivity contribution in [3.05, 3.63) is 29.8 Å². The molecule has 2 N–H and O–H groups in total. The van der Waals surface area contributed by atoms with Crippen LogP contribution in [0.1, 0.15) is 18.4 Å². The highest BCUT2D eigenvalue weighted by Crippen LogP contribution is 2.24. The molecule has 1 amide bonds. The zero-order valence-electron chi connectivity index (χ0n) is 10.8. The molecule has 1 aliphatic heterocycles. The van der Waals surface area contributed by atoms with E-state index in [1.54, 1.807) is 18.2 Å². The molecule has 6 nitrogen and oxygen atoms in total. The van der Waals surface area contributed by atoms with Crippen LogP contribution in [-0.4, -0.2) is 31.4 Å². The Kier molecular flexibility index (Phi) is 3.89. The van der Waals surface area contributed by atoms with E-state index in [0.717, 1.165) is 12.0 Å². The van der Waals surface area contributed by atoms with Gasteiger partial charge in [0.15, 0.2) is 9.84 Å². The number of nitrogens with zero attached hydrogens (tertiary/aromatic N) is 1. The molecule has 1 aromatic carbocycles. The van der Waals surface area contributed by atoms with Crippen LogP contribution in [0.3, 0.4) is 0 Å². The molecular formula is C13H14N2O4S. The van der Waals surface area contributed by atoms with Crippen molar-refractivity contribution in [1.29, 1.82) is 0 Å². The first-order valence-corrected chi connectivity index (χ1v) is 7.82. The van der Waals surface area contributed by atoms with Gasteiger partial charge in [0.25, 0.3) is 0 Å². The molecule has 0 bridgehead atoms. The number of allylic oxidation sites excluding steroid dienone is 1. The SMILES string of the molecule is CS(=O)(=O)c1ccc(C=CC2=NNC(=O)CC2)cc1O. The standard InChI is InChI=1S/C13H14N2O4S/c1-20(18,19)12-6-3-9(8-11(12)16)2-4-10-5-7-13(17)15-14-10/h2-4,6,8,16H,5,7H2,1H3,(H,15,17). The van der Waals surface area contributed by atoms with Gasteiger partial charge in [0.2, 0.25) is 5.91 Å². The van der Waals surface area contributed by atoms with Crippen molar-refractivity contribution in [2.24, 2.45) is 5.10 Å². The van der Waals surface area contributed by atoms with Gasteiger partial charge < -0.3 is 5.11 Å². The van der Waals surface area contributed by atoms with Gasteiger partial charge in [-0.25, -0.2) is 13.8 Å². The fraction of sp³-hybridized carbons (Fsp3) is 0.231. The highest BCUT2D eigenvalue weighted by Gasteiger charge is 2.13. The van der Waals surface area contributed by atoms with E-state index in [-0.39, 0.29) is 16.6 Å². The number of phenolic OH excluding ortho intramolecular Hbond substituents is 1. The Balaban J connectivity index is 2.19. The molecule has 0 aliphatic carbocycles. The normalized spacial score (nSPS) is 16.1. The molecule has 20 heavy (non-hydrogen) atoms. The Morgan fingerprint density at radius 2 is 2.05 bits per heavy atom. The second kappa shape index (κ2) is 5.46. The van der Waals surface area contributed by atoms with Crippen LogP contribution in [0, 0.1) is 0 Å². The summed E-state index contributed by atoms with van der Waals surface area (Å²) in [4.78, 5) is 10.8. The van der Waals surface area contributed by atoms with Crippen molar-refractivity contribution in [3.63, 3.8) is 0 Å². The topological polar surface area (TPSA) is 95.8 Å². The molecule has 106 valence electrons. The van der Waals surface area contributed by atoms with E-state index in [1.807, 2.05) is 0 Å². The van der Waals surface area contributed by atoms with Gasteiger partial charge in [0.1, 0.15) is 10.6 Å². The zero-order valence-corrected chi connectivity index (χ0v) is 11.6. The summed E-state index contributed by atoms with van der Waals surface area (Å²) in [5.74, 6) is -0.397. The number of amides is 1. The number of aromatic hydroxyl groups is 1. The number of hydrogen-bond donors (Lipinski definition) is 2. The average molecular weight is 294 g/mol. The van der Waals surface area contributed by atoms with E-state index in [2.05, 4.69) is 10.5 Å². The number of nitrogens with one attached hydrogen (secondary N) is 1. The molecule has 0 atom stereocenters. The highest BCUT2D eigenvalue weighted by atomic mass is 32.2. The second-order valence-electron chi connectivity index (χ2n) is 4.47. The third kappa shape index (κ3) is 3.45. The first-order chi connectivity index (χ1) is 9.36. The number of hydrogen-bond acceptors (Lipinski definition) is 5. The fourth-order valence-electron chi connectivity index (χ4n) is 1.75. The summed E-state index contributed by atoms with van der Waals surface area (Å²) in [5.41, 5.74) is 3.74. The number of benzene rings is 1. The number of carbonyl (C=O) groups is 1. The van der Waals surface area contributed by atoms with Crippen molar-refractivity contribution in [3.8, 4) is 5.75 Å². The van der Waals surface area contributed by atoms with Crippen LogP contribution in [0.4, 0.5) is 0 Å². The highest BCUT2D eigenvalue weighted by molar-refractivity contribution is 7.90. The lowest BCUT2D eigenvalue weighted by molar-refractivity contribution is -0.121. The lowest BCUT2D eigenvalue weighted by Gasteiger charge is -2.08. The minimum absolute atomic E-state index is 0.100. The quantitative estimate of drug-likeness (QED) is 0.871. The Bertz CT molecular complexity index is 705. The minimum Gasteiger partial charge on any atom is -0.507 e. The van der Waals surface area contributed by atoms with Crippen LogP contribution in [0.5, 0.6) is 5.75 Å². The summed E-state index contributed by atoms with van der Waals surface area (Å²) in [5, 5.41) is 13.6. The van der Waals surface area contributed by atoms with E-state index < -0.39 is 9.84 Å². The summed E-state index contributed by atoms with van der Waals surface area (Å²) >= 11 is 0. The van der Waals surface area contributed by atoms with E-state index in [1.165, 1.54) is 12.1 Å². The monoisotopic (exact) mass is 294 g/mol. The summed E-state index contributed by atoms with van der Waals surface area (Å²) < 4.78 is 22.7. The number of rotatable bonds is 3. The lowest BCUT2D eigenvalue weighted by atomic mass is 10.1. The smallest absolute Gasteiger partial charge is 0.240 e. The molecule has 0 unspecified atom stereocenters. The maximum Gasteiger partial charge on any atom is 0.240 e. The van der Waals surface area contributed by atoms with Gasteiger partial charge in [-0.1, -0.05) is 12.1 Å². The van der Waals surface area contributed by atoms with E-state index in [4.69, 9.17) is 0 Å². The molecular weight excluding hydrogens is 280 g/mol. The van der Waals surface area contributed by atoms with E-state index in [0.29, 0.717) is 18.4 Å². The number of sulfone groups is 1. The molecule has 0 saturated carbocycles. The third-order valence-corrected chi connectivity index (χ3v) is 3.93. The molecule has 1 heterocycles. The fourth-order valence-corrected chi connectivity index (χ4v) is 2.51. The molecule has 2 rings (SSSR count). The Morgan fingerprint density at radius 1 is 1.30 bits per heavy atom. The van der Waals surface area contributed by atoms with E-state index >= 15 is 0 Å². The lowest BCUT2D eigenvalue weighted by Crippen LogP contribution is -2.24. The van der Waals surface area contributed by atoms with Gasteiger partial charge in [-0.3, -0.25) is 4.79 Å². The van der Waals surface area contributed by atoms with Crippen molar-refractivity contribution >= 4 is 27.5 Å². The molecule has 0 radical (unpaired) electrons. The van der Waals surface area contributed by atoms with Crippen LogP contribution < -0.4 is 5.43 Å². The first-order valence-electron chi connectivity index (χ1n) is 5.93. The zero-order chi connectivity index (χ0) is 14.8. The van der Waals surface area contributed by atoms with Crippen LogP contribution in [0.15, 0.2) is 34.3 Å². The third-order valence-electron chi connectivity index (χ3n) is 2.78. The Hall–Kier alpha value is -2.15. The summed E-state index contributed by atoms with van der Waals surface area (Å²) in [6.45, 7) is 0. The minimum atomic E-state index is -3.44. The predicted octanol–water partition coefficient (Wildman–Crippen LogP) is 1.07. The molecule has 0 spiro atoms. The van der Waals surface area contributed by atoms with Gasteiger partial charge in [-0.05, 0) is 23.8 Å². The van der Waals surface area contributed by atoms with Crippen molar-refractivity contribution < 1.29 is 18.3 Å². The first kappa shape index (κ1) is 14.3. The van der Waals surface area contributed by atoms with Gasteiger partial charge >= 0.3 is 0 Å². The summed E-state index contributed by atoms with van der Waals surface area (Å²) in [6, 6.07) is 4.32. The molecule has 0 fully saturated rings. The largest absolute Gasteiger partial charge is 0.507 e. The maximum atomic E-state index is 11.4. The predicted molar refractivity (Wildman–Crippen MR) is 75.1 cm³/mol. The summed E-state index contributed by atoms with van der Waals surface area (Å²) in [7, 11) is -3.44. The van der Waals surface area contributed by atoms with E-state index in [9.17, 15) is 18.3 Å². The van der Waals surface area contributed by atoms with Crippen LogP contribution >= 0.6 is 0 Å². The van der Waals surface area contributed by atoms with Crippen LogP contribution in [-0.2, 0) is 14.6 Å². The van der Waals surface area contributed by atoms with Crippen LogP contribution in [0.25, 0.3) is 6.08 Å². The second-order valence-corrected chi connectivity index (χ2v) is 6.45. The Morgan fingerprint density at radius 3 is 2.60 bits per heavy atom. The molecule has 0 saturated heterocycles. The summed E-state index contributed by atoms with van der Waals surface area (Å²) in [6.07, 6.45) is 5.39. The van der Waals surface area contributed by atoms with Gasteiger partial charge in [-0.15, -0.1) is 0 Å². The number of phenols is 1. The molecule has 0 aromatic heterocycles. The number of carbonyl (C=O) groups excluding carboxylic acids is 1. The van der Waals surface area contributed by atoms with Crippen LogP contribution in [0.2, 0.25) is 0 Å². The average Bonchev–Trinajstić information content (AvgIpc) is 2.36. The van der Waals surface area contributed by atoms with Gasteiger partial charge in [-0.2, -0.15) is 5.10 Å². The van der Waals surface area contributed by atoms with Gasteiger partial charge in [0, 0.05) is 19.1 Å². The maximum absolute atomic E-state index is 11.4. The molecule has 1 aliphatic rings. The van der Waals surface area contributed by atoms with Crippen molar-refractivity contribution in [1.82, 2.24) is 5.43 Å². The number of hydrazone groups is 1. The molecule has 7 heteroatoms. The molecule has 1 aromatic rings. The van der Waals surface area contributed by atoms with Crippen molar-refractivity contribution in [2.75, 3.05) is 6.26 Å². The van der Waals surface area contributed by atoms with Gasteiger partial charge in [0.05, 0.1) is 5.71 Å². The Labute approximate surface area is 116 Å².